The van der Waals surface area contributed by atoms with Gasteiger partial charge in [-0.15, -0.1) is 11.3 Å². The van der Waals surface area contributed by atoms with Crippen LogP contribution in [0.4, 0.5) is 5.13 Å². The summed E-state index contributed by atoms with van der Waals surface area (Å²) in [4.78, 5) is 30.5. The molecule has 2 amide bonds. The van der Waals surface area contributed by atoms with Gasteiger partial charge >= 0.3 is 11.8 Å². The third-order valence-corrected chi connectivity index (χ3v) is 3.68. The van der Waals surface area contributed by atoms with Crippen LogP contribution in [0.15, 0.2) is 0 Å². The lowest BCUT2D eigenvalue weighted by Gasteiger charge is -2.20. The first-order chi connectivity index (χ1) is 8.60. The van der Waals surface area contributed by atoms with Gasteiger partial charge in [-0.2, -0.15) is 0 Å². The van der Waals surface area contributed by atoms with Crippen molar-refractivity contribution in [3.05, 3.63) is 10.6 Å². The maximum atomic E-state index is 11.5. The van der Waals surface area contributed by atoms with Crippen molar-refractivity contribution in [1.82, 2.24) is 15.2 Å². The number of hydrogen-bond donors (Lipinski definition) is 2. The molecule has 0 aliphatic carbocycles. The highest BCUT2D eigenvalue weighted by molar-refractivity contribution is 7.16. The van der Waals surface area contributed by atoms with Crippen molar-refractivity contribution in [2.75, 3.05) is 25.5 Å². The van der Waals surface area contributed by atoms with Crippen molar-refractivity contribution in [1.29, 1.82) is 0 Å². The Labute approximate surface area is 109 Å². The summed E-state index contributed by atoms with van der Waals surface area (Å²) in [7, 11) is 2.05. The molecule has 0 fully saturated rings. The van der Waals surface area contributed by atoms with E-state index in [1.165, 1.54) is 11.3 Å². The molecule has 1 aromatic heterocycles. The number of hydrogen-bond acceptors (Lipinski definition) is 5. The third kappa shape index (κ3) is 2.85. The SMILES string of the molecule is CCNC(=O)C(=O)Nc1nc2c(s1)CN(C)CC2. The number of thiazole rings is 1. The molecule has 18 heavy (non-hydrogen) atoms. The van der Waals surface area contributed by atoms with E-state index in [1.807, 2.05) is 0 Å². The van der Waals surface area contributed by atoms with Crippen LogP contribution in [-0.4, -0.2) is 41.8 Å². The van der Waals surface area contributed by atoms with Crippen LogP contribution in [0, 0.1) is 0 Å². The van der Waals surface area contributed by atoms with Crippen molar-refractivity contribution < 1.29 is 9.59 Å². The summed E-state index contributed by atoms with van der Waals surface area (Å²) in [5, 5.41) is 5.49. The molecule has 98 valence electrons. The summed E-state index contributed by atoms with van der Waals surface area (Å²) in [6.07, 6.45) is 0.888. The Kier molecular flexibility index (Phi) is 3.93. The first-order valence-corrected chi connectivity index (χ1v) is 6.68. The highest BCUT2D eigenvalue weighted by Gasteiger charge is 2.20. The number of anilines is 1. The molecule has 0 unspecified atom stereocenters. The summed E-state index contributed by atoms with van der Waals surface area (Å²) < 4.78 is 0. The Morgan fingerprint density at radius 1 is 1.44 bits per heavy atom. The van der Waals surface area contributed by atoms with Crippen LogP contribution < -0.4 is 10.6 Å². The lowest BCUT2D eigenvalue weighted by atomic mass is 10.2. The monoisotopic (exact) mass is 268 g/mol. The fraction of sp³-hybridized carbons (Fsp3) is 0.545. The zero-order chi connectivity index (χ0) is 13.1. The maximum absolute atomic E-state index is 11.5. The van der Waals surface area contributed by atoms with Gasteiger partial charge in [-0.05, 0) is 14.0 Å². The molecule has 2 heterocycles. The van der Waals surface area contributed by atoms with Crippen LogP contribution in [0.5, 0.6) is 0 Å². The van der Waals surface area contributed by atoms with Gasteiger partial charge in [0.15, 0.2) is 5.13 Å². The van der Waals surface area contributed by atoms with E-state index in [0.29, 0.717) is 11.7 Å². The second kappa shape index (κ2) is 5.45. The van der Waals surface area contributed by atoms with E-state index in [2.05, 4.69) is 27.6 Å². The lowest BCUT2D eigenvalue weighted by molar-refractivity contribution is -0.136. The summed E-state index contributed by atoms with van der Waals surface area (Å²) in [6, 6.07) is 0. The molecule has 1 aliphatic rings. The molecule has 2 rings (SSSR count). The molecular formula is C11H16N4O2S. The fourth-order valence-electron chi connectivity index (χ4n) is 1.77. The molecule has 7 heteroatoms. The van der Waals surface area contributed by atoms with Crippen molar-refractivity contribution in [3.63, 3.8) is 0 Å². The van der Waals surface area contributed by atoms with Gasteiger partial charge in [0.1, 0.15) is 0 Å². The molecule has 1 aliphatic heterocycles. The highest BCUT2D eigenvalue weighted by atomic mass is 32.1. The van der Waals surface area contributed by atoms with Crippen LogP contribution in [0.25, 0.3) is 0 Å². The van der Waals surface area contributed by atoms with Gasteiger partial charge < -0.3 is 10.2 Å². The minimum absolute atomic E-state index is 0.436. The van der Waals surface area contributed by atoms with Gasteiger partial charge in [0.05, 0.1) is 5.69 Å². The highest BCUT2D eigenvalue weighted by Crippen LogP contribution is 2.27. The van der Waals surface area contributed by atoms with E-state index in [1.54, 1.807) is 6.92 Å². The van der Waals surface area contributed by atoms with Crippen molar-refractivity contribution >= 4 is 28.3 Å². The first kappa shape index (κ1) is 13.0. The molecule has 0 atom stereocenters. The van der Waals surface area contributed by atoms with Crippen LogP contribution >= 0.6 is 11.3 Å². The molecule has 0 saturated heterocycles. The average molecular weight is 268 g/mol. The van der Waals surface area contributed by atoms with Crippen LogP contribution in [0.1, 0.15) is 17.5 Å². The van der Waals surface area contributed by atoms with E-state index < -0.39 is 11.8 Å². The van der Waals surface area contributed by atoms with Gasteiger partial charge in [0.25, 0.3) is 0 Å². The van der Waals surface area contributed by atoms with Crippen LogP contribution in [0.3, 0.4) is 0 Å². The summed E-state index contributed by atoms with van der Waals surface area (Å²) in [6.45, 7) is 4.03. The lowest BCUT2D eigenvalue weighted by Crippen LogP contribution is -2.35. The smallest absolute Gasteiger partial charge is 0.315 e. The number of aromatic nitrogens is 1. The third-order valence-electron chi connectivity index (χ3n) is 2.69. The van der Waals surface area contributed by atoms with Crippen molar-refractivity contribution in [2.24, 2.45) is 0 Å². The number of carbonyl (C=O) groups excluding carboxylic acids is 2. The molecule has 0 bridgehead atoms. The topological polar surface area (TPSA) is 74.3 Å². The quantitative estimate of drug-likeness (QED) is 0.752. The van der Waals surface area contributed by atoms with Gasteiger partial charge in [0.2, 0.25) is 0 Å². The molecule has 0 aromatic carbocycles. The van der Waals surface area contributed by atoms with Gasteiger partial charge in [-0.3, -0.25) is 14.9 Å². The largest absolute Gasteiger partial charge is 0.348 e. The summed E-state index contributed by atoms with van der Waals surface area (Å²) in [5.74, 6) is -1.28. The minimum Gasteiger partial charge on any atom is -0.348 e. The molecule has 2 N–H and O–H groups in total. The minimum atomic E-state index is -0.656. The molecule has 0 saturated carbocycles. The molecule has 0 spiro atoms. The Morgan fingerprint density at radius 3 is 2.94 bits per heavy atom. The van der Waals surface area contributed by atoms with Gasteiger partial charge in [-0.1, -0.05) is 0 Å². The number of carbonyl (C=O) groups is 2. The van der Waals surface area contributed by atoms with Crippen LogP contribution in [0.2, 0.25) is 0 Å². The standard InChI is InChI=1S/C11H16N4O2S/c1-3-12-9(16)10(17)14-11-13-7-4-5-15(2)6-8(7)18-11/h3-6H2,1-2H3,(H,12,16)(H,13,14,17). The van der Waals surface area contributed by atoms with Crippen LogP contribution in [-0.2, 0) is 22.6 Å². The molecule has 0 radical (unpaired) electrons. The summed E-state index contributed by atoms with van der Waals surface area (Å²) >= 11 is 1.44. The summed E-state index contributed by atoms with van der Waals surface area (Å²) in [5.41, 5.74) is 1.03. The van der Waals surface area contributed by atoms with E-state index in [9.17, 15) is 9.59 Å². The van der Waals surface area contributed by atoms with E-state index >= 15 is 0 Å². The zero-order valence-electron chi connectivity index (χ0n) is 10.4. The maximum Gasteiger partial charge on any atom is 0.315 e. The van der Waals surface area contributed by atoms with E-state index in [0.717, 1.165) is 30.1 Å². The molecule has 1 aromatic rings. The van der Waals surface area contributed by atoms with E-state index in [-0.39, 0.29) is 0 Å². The van der Waals surface area contributed by atoms with Crippen molar-refractivity contribution in [3.8, 4) is 0 Å². The van der Waals surface area contributed by atoms with E-state index in [4.69, 9.17) is 0 Å². The second-order valence-corrected chi connectivity index (χ2v) is 5.27. The number of fused-ring (bicyclic) bond motifs is 1. The zero-order valence-corrected chi connectivity index (χ0v) is 11.3. The number of nitrogens with one attached hydrogen (secondary N) is 2. The van der Waals surface area contributed by atoms with Gasteiger partial charge in [-0.25, -0.2) is 4.98 Å². The Bertz CT molecular complexity index is 472. The van der Waals surface area contributed by atoms with Crippen molar-refractivity contribution in [2.45, 2.75) is 19.9 Å². The number of nitrogens with zero attached hydrogens (tertiary/aromatic N) is 2. The number of rotatable bonds is 2. The van der Waals surface area contributed by atoms with Gasteiger partial charge in [0, 0.05) is 30.9 Å². The average Bonchev–Trinajstić information content (AvgIpc) is 2.70. The first-order valence-electron chi connectivity index (χ1n) is 5.86. The Balaban J connectivity index is 2.02. The fourth-order valence-corrected chi connectivity index (χ4v) is 2.85. The number of likely N-dealkylation sites (N-methyl/N-ethyl adjacent to an activating group) is 2. The predicted molar refractivity (Wildman–Crippen MR) is 69.5 cm³/mol. The predicted octanol–water partition coefficient (Wildman–Crippen LogP) is 0.206. The Morgan fingerprint density at radius 2 is 2.22 bits per heavy atom. The molecular weight excluding hydrogens is 252 g/mol. The Hall–Kier alpha value is -1.47. The second-order valence-electron chi connectivity index (χ2n) is 4.19. The normalized spacial score (nSPS) is 15.0. The molecule has 6 nitrogen and oxygen atoms in total. The number of amides is 2.